The van der Waals surface area contributed by atoms with Crippen molar-refractivity contribution in [2.75, 3.05) is 13.2 Å². The van der Waals surface area contributed by atoms with Gasteiger partial charge in [0.05, 0.1) is 9.79 Å². The van der Waals surface area contributed by atoms with Gasteiger partial charge in [-0.15, -0.1) is 0 Å². The summed E-state index contributed by atoms with van der Waals surface area (Å²) in [5.41, 5.74) is 0. The topological polar surface area (TPSA) is 134 Å². The van der Waals surface area contributed by atoms with E-state index in [2.05, 4.69) is 15.9 Å². The highest BCUT2D eigenvalue weighted by molar-refractivity contribution is 9.10. The third kappa shape index (κ3) is 5.80. The Kier molecular flexibility index (Phi) is 7.10. The van der Waals surface area contributed by atoms with Gasteiger partial charge in [-0.25, -0.2) is 10.4 Å². The van der Waals surface area contributed by atoms with Gasteiger partial charge in [-0.3, -0.25) is 8.37 Å². The lowest BCUT2D eigenvalue weighted by atomic mass is 10.3. The summed E-state index contributed by atoms with van der Waals surface area (Å²) in [5, 5.41) is 19.4. The maximum atomic E-state index is 12.1. The molecule has 0 amide bonds. The van der Waals surface area contributed by atoms with Gasteiger partial charge in [0.25, 0.3) is 20.2 Å². The number of alkyl halides is 1. The van der Waals surface area contributed by atoms with E-state index in [1.807, 2.05) is 0 Å². The minimum Gasteiger partial charge on any atom is -0.599 e. The van der Waals surface area contributed by atoms with E-state index in [0.29, 0.717) is 0 Å². The number of nitrogens with one attached hydrogen (secondary N) is 1. The fraction of sp³-hybridized carbons (Fsp3) is 0.200. The highest BCUT2D eigenvalue weighted by atomic mass is 79.9. The first-order chi connectivity index (χ1) is 12.6. The second kappa shape index (κ2) is 8.75. The zero-order valence-electron chi connectivity index (χ0n) is 13.7. The Morgan fingerprint density at radius 2 is 1.19 bits per heavy atom. The number of rotatable bonds is 9. The SMILES string of the molecule is O=S(=O)(OCC(Br)(COS(=O)(=O)c1ccccc1)[NH+]([O-])O)c1ccccc1. The Labute approximate surface area is 165 Å². The summed E-state index contributed by atoms with van der Waals surface area (Å²) >= 11 is 2.82. The minimum absolute atomic E-state index is 0.164. The zero-order valence-corrected chi connectivity index (χ0v) is 16.9. The first-order valence-corrected chi connectivity index (χ1v) is 11.0. The molecule has 0 fully saturated rings. The van der Waals surface area contributed by atoms with Crippen LogP contribution in [0, 0.1) is 5.21 Å². The summed E-state index contributed by atoms with van der Waals surface area (Å²) in [6.07, 6.45) is 0. The Balaban J connectivity index is 2.11. The van der Waals surface area contributed by atoms with E-state index in [1.54, 1.807) is 12.1 Å². The molecular formula is C15H16BrNO8S2. The Morgan fingerprint density at radius 3 is 1.48 bits per heavy atom. The van der Waals surface area contributed by atoms with Gasteiger partial charge in [0, 0.05) is 0 Å². The molecule has 2 rings (SSSR count). The van der Waals surface area contributed by atoms with Crippen molar-refractivity contribution in [3.8, 4) is 0 Å². The lowest BCUT2D eigenvalue weighted by Crippen LogP contribution is -3.14. The van der Waals surface area contributed by atoms with Crippen LogP contribution in [0.2, 0.25) is 0 Å². The number of hydroxylamine groups is 2. The van der Waals surface area contributed by atoms with Crippen LogP contribution in [-0.4, -0.2) is 39.7 Å². The van der Waals surface area contributed by atoms with Crippen molar-refractivity contribution in [2.24, 2.45) is 0 Å². The largest absolute Gasteiger partial charge is 0.599 e. The molecule has 0 aromatic heterocycles. The number of hydrogen-bond donors (Lipinski definition) is 2. The van der Waals surface area contributed by atoms with Gasteiger partial charge >= 0.3 is 0 Å². The van der Waals surface area contributed by atoms with Crippen LogP contribution < -0.4 is 5.23 Å². The summed E-state index contributed by atoms with van der Waals surface area (Å²) in [4.78, 5) is -0.328. The number of quaternary nitrogens is 1. The molecule has 2 aromatic rings. The minimum atomic E-state index is -4.23. The fourth-order valence-electron chi connectivity index (χ4n) is 1.82. The molecular weight excluding hydrogens is 466 g/mol. The average molecular weight is 482 g/mol. The third-order valence-electron chi connectivity index (χ3n) is 3.33. The molecule has 2 aromatic carbocycles. The van der Waals surface area contributed by atoms with Crippen LogP contribution in [0.25, 0.3) is 0 Å². The number of benzene rings is 2. The molecule has 0 aliphatic rings. The number of halogens is 1. The Bertz CT molecular complexity index is 876. The van der Waals surface area contributed by atoms with Crippen LogP contribution in [0.5, 0.6) is 0 Å². The van der Waals surface area contributed by atoms with Crippen LogP contribution in [-0.2, 0) is 28.6 Å². The van der Waals surface area contributed by atoms with Crippen molar-refractivity contribution >= 4 is 36.2 Å². The molecule has 9 nitrogen and oxygen atoms in total. The lowest BCUT2D eigenvalue weighted by Gasteiger charge is -2.31. The average Bonchev–Trinajstić information content (AvgIpc) is 2.66. The molecule has 2 N–H and O–H groups in total. The molecule has 1 atom stereocenters. The van der Waals surface area contributed by atoms with Crippen LogP contribution in [0.1, 0.15) is 0 Å². The predicted octanol–water partition coefficient (Wildman–Crippen LogP) is 0.660. The summed E-state index contributed by atoms with van der Waals surface area (Å²) in [7, 11) is -8.46. The quantitative estimate of drug-likeness (QED) is 0.231. The molecule has 0 aliphatic heterocycles. The van der Waals surface area contributed by atoms with Gasteiger partial charge in [-0.05, 0) is 40.2 Å². The molecule has 0 spiro atoms. The van der Waals surface area contributed by atoms with Crippen LogP contribution in [0.15, 0.2) is 70.5 Å². The maximum Gasteiger partial charge on any atom is 0.297 e. The predicted molar refractivity (Wildman–Crippen MR) is 96.9 cm³/mol. The zero-order chi connectivity index (χ0) is 20.1. The fourth-order valence-corrected chi connectivity index (χ4v) is 4.32. The lowest BCUT2D eigenvalue weighted by molar-refractivity contribution is -1.07. The molecule has 148 valence electrons. The van der Waals surface area contributed by atoms with Crippen molar-refractivity contribution in [3.05, 3.63) is 65.9 Å². The Hall–Kier alpha value is -1.38. The molecule has 0 saturated carbocycles. The van der Waals surface area contributed by atoms with Crippen LogP contribution in [0.3, 0.4) is 0 Å². The molecule has 0 aliphatic carbocycles. The summed E-state index contributed by atoms with van der Waals surface area (Å²) in [6, 6.07) is 14.2. The van der Waals surface area contributed by atoms with E-state index in [9.17, 15) is 27.3 Å². The molecule has 1 unspecified atom stereocenters. The Morgan fingerprint density at radius 1 is 0.852 bits per heavy atom. The summed E-state index contributed by atoms with van der Waals surface area (Å²) in [5.74, 6) is 0. The molecule has 0 radical (unpaired) electrons. The molecule has 0 saturated heterocycles. The van der Waals surface area contributed by atoms with E-state index in [1.165, 1.54) is 48.5 Å². The molecule has 0 heterocycles. The smallest absolute Gasteiger partial charge is 0.297 e. The molecule has 27 heavy (non-hydrogen) atoms. The van der Waals surface area contributed by atoms with E-state index in [4.69, 9.17) is 8.37 Å². The van der Waals surface area contributed by atoms with Crippen molar-refractivity contribution in [1.29, 1.82) is 0 Å². The molecule has 0 bridgehead atoms. The normalized spacial score (nSPS) is 14.0. The van der Waals surface area contributed by atoms with Gasteiger partial charge in [-0.1, -0.05) is 36.4 Å². The van der Waals surface area contributed by atoms with Crippen molar-refractivity contribution < 1.29 is 35.6 Å². The van der Waals surface area contributed by atoms with Gasteiger partial charge in [0.2, 0.25) is 4.45 Å². The van der Waals surface area contributed by atoms with E-state index >= 15 is 0 Å². The monoisotopic (exact) mass is 481 g/mol. The highest BCUT2D eigenvalue weighted by Crippen LogP contribution is 2.20. The second-order valence-corrected chi connectivity index (χ2v) is 10.1. The first kappa shape index (κ1) is 21.9. The molecule has 12 heteroatoms. The van der Waals surface area contributed by atoms with Crippen molar-refractivity contribution in [3.63, 3.8) is 0 Å². The van der Waals surface area contributed by atoms with Gasteiger partial charge < -0.3 is 5.21 Å². The van der Waals surface area contributed by atoms with E-state index < -0.39 is 43.1 Å². The van der Waals surface area contributed by atoms with Crippen molar-refractivity contribution in [1.82, 2.24) is 0 Å². The first-order valence-electron chi connectivity index (χ1n) is 7.38. The van der Waals surface area contributed by atoms with E-state index in [-0.39, 0.29) is 9.79 Å². The van der Waals surface area contributed by atoms with Gasteiger partial charge in [0.15, 0.2) is 0 Å². The maximum absolute atomic E-state index is 12.1. The summed E-state index contributed by atoms with van der Waals surface area (Å²) < 4.78 is 56.0. The third-order valence-corrected chi connectivity index (χ3v) is 6.69. The van der Waals surface area contributed by atoms with Gasteiger partial charge in [-0.2, -0.15) is 16.8 Å². The standard InChI is InChI=1S/C15H16BrNO8S2/c16-15(17(18)19,11-24-26(20,21)13-7-3-1-4-8-13)12-25-27(22,23)14-9-5-2-6-10-14/h1-10,17-18H,11-12H2. The van der Waals surface area contributed by atoms with Crippen molar-refractivity contribution in [2.45, 2.75) is 14.2 Å². The van der Waals surface area contributed by atoms with Crippen LogP contribution in [0.4, 0.5) is 0 Å². The summed E-state index contributed by atoms with van der Waals surface area (Å²) in [6.45, 7) is -1.77. The highest BCUT2D eigenvalue weighted by Gasteiger charge is 2.39. The van der Waals surface area contributed by atoms with Gasteiger partial charge in [0.1, 0.15) is 13.2 Å². The second-order valence-electron chi connectivity index (χ2n) is 5.33. The number of hydrogen-bond acceptors (Lipinski definition) is 8. The van der Waals surface area contributed by atoms with Crippen LogP contribution >= 0.6 is 15.9 Å². The van der Waals surface area contributed by atoms with E-state index in [0.717, 1.165) is 0 Å².